The number of rotatable bonds is 5. The standard InChI is InChI=1S/C14H22N2/c1-2-12-6-7-14(11-12)16-10-8-13-5-3-4-9-15-13/h3-5,9,12,14,16H,2,6-8,10-11H2,1H3. The highest BCUT2D eigenvalue weighted by Crippen LogP contribution is 2.27. The molecule has 1 aliphatic carbocycles. The summed E-state index contributed by atoms with van der Waals surface area (Å²) in [7, 11) is 0. The van der Waals surface area contributed by atoms with Crippen LogP contribution in [0, 0.1) is 5.92 Å². The topological polar surface area (TPSA) is 24.9 Å². The Kier molecular flexibility index (Phi) is 4.34. The van der Waals surface area contributed by atoms with Crippen molar-refractivity contribution >= 4 is 0 Å². The molecule has 2 rings (SSSR count). The van der Waals surface area contributed by atoms with E-state index in [-0.39, 0.29) is 0 Å². The van der Waals surface area contributed by atoms with E-state index in [4.69, 9.17) is 0 Å². The van der Waals surface area contributed by atoms with Crippen LogP contribution in [0.25, 0.3) is 0 Å². The van der Waals surface area contributed by atoms with Gasteiger partial charge in [-0.05, 0) is 37.3 Å². The Bertz CT molecular complexity index is 297. The Morgan fingerprint density at radius 2 is 2.31 bits per heavy atom. The molecule has 1 aromatic rings. The van der Waals surface area contributed by atoms with E-state index in [9.17, 15) is 0 Å². The van der Waals surface area contributed by atoms with Crippen LogP contribution in [0.1, 0.15) is 38.3 Å². The van der Waals surface area contributed by atoms with Crippen LogP contribution in [-0.4, -0.2) is 17.6 Å². The van der Waals surface area contributed by atoms with E-state index in [1.54, 1.807) is 0 Å². The number of hydrogen-bond donors (Lipinski definition) is 1. The summed E-state index contributed by atoms with van der Waals surface area (Å²) < 4.78 is 0. The Morgan fingerprint density at radius 3 is 3.00 bits per heavy atom. The lowest BCUT2D eigenvalue weighted by Gasteiger charge is -2.12. The van der Waals surface area contributed by atoms with E-state index < -0.39 is 0 Å². The zero-order valence-electron chi connectivity index (χ0n) is 10.2. The molecule has 0 spiro atoms. The van der Waals surface area contributed by atoms with E-state index in [0.29, 0.717) is 0 Å². The van der Waals surface area contributed by atoms with E-state index in [1.807, 2.05) is 12.3 Å². The van der Waals surface area contributed by atoms with Crippen LogP contribution >= 0.6 is 0 Å². The van der Waals surface area contributed by atoms with E-state index in [1.165, 1.54) is 31.4 Å². The summed E-state index contributed by atoms with van der Waals surface area (Å²) in [5.41, 5.74) is 1.19. The summed E-state index contributed by atoms with van der Waals surface area (Å²) in [6, 6.07) is 6.89. The third-order valence-corrected chi connectivity index (χ3v) is 3.66. The molecule has 88 valence electrons. The number of pyridine rings is 1. The highest BCUT2D eigenvalue weighted by Gasteiger charge is 2.22. The first-order chi connectivity index (χ1) is 7.88. The largest absolute Gasteiger partial charge is 0.314 e. The maximum atomic E-state index is 4.33. The average molecular weight is 218 g/mol. The van der Waals surface area contributed by atoms with Gasteiger partial charge in [-0.1, -0.05) is 19.4 Å². The molecule has 0 bridgehead atoms. The molecule has 16 heavy (non-hydrogen) atoms. The Morgan fingerprint density at radius 1 is 1.38 bits per heavy atom. The van der Waals surface area contributed by atoms with E-state index >= 15 is 0 Å². The SMILES string of the molecule is CCC1CCC(NCCc2ccccn2)C1. The molecule has 2 nitrogen and oxygen atoms in total. The summed E-state index contributed by atoms with van der Waals surface area (Å²) in [5.74, 6) is 0.965. The summed E-state index contributed by atoms with van der Waals surface area (Å²) in [4.78, 5) is 4.33. The highest BCUT2D eigenvalue weighted by molar-refractivity contribution is 5.03. The van der Waals surface area contributed by atoms with Crippen molar-refractivity contribution in [2.45, 2.75) is 45.1 Å². The van der Waals surface area contributed by atoms with Gasteiger partial charge >= 0.3 is 0 Å². The van der Waals surface area contributed by atoms with Crippen LogP contribution < -0.4 is 5.32 Å². The normalized spacial score (nSPS) is 24.8. The Hall–Kier alpha value is -0.890. The molecule has 2 heteroatoms. The van der Waals surface area contributed by atoms with Gasteiger partial charge in [-0.15, -0.1) is 0 Å². The fourth-order valence-corrected chi connectivity index (χ4v) is 2.58. The highest BCUT2D eigenvalue weighted by atomic mass is 14.9. The van der Waals surface area contributed by atoms with Gasteiger partial charge in [-0.3, -0.25) is 4.98 Å². The van der Waals surface area contributed by atoms with Gasteiger partial charge in [0.25, 0.3) is 0 Å². The van der Waals surface area contributed by atoms with Crippen molar-refractivity contribution in [2.75, 3.05) is 6.54 Å². The van der Waals surface area contributed by atoms with Crippen molar-refractivity contribution in [3.63, 3.8) is 0 Å². The van der Waals surface area contributed by atoms with Crippen molar-refractivity contribution in [1.82, 2.24) is 10.3 Å². The second-order valence-corrected chi connectivity index (χ2v) is 4.81. The second kappa shape index (κ2) is 6.00. The molecule has 1 aliphatic rings. The molecule has 2 atom stereocenters. The van der Waals surface area contributed by atoms with Crippen LogP contribution in [0.15, 0.2) is 24.4 Å². The first-order valence-electron chi connectivity index (χ1n) is 6.51. The summed E-state index contributed by atoms with van der Waals surface area (Å²) >= 11 is 0. The lowest BCUT2D eigenvalue weighted by molar-refractivity contribution is 0.478. The third kappa shape index (κ3) is 3.31. The van der Waals surface area contributed by atoms with Crippen molar-refractivity contribution < 1.29 is 0 Å². The molecule has 1 fully saturated rings. The molecule has 2 unspecified atom stereocenters. The molecule has 0 amide bonds. The summed E-state index contributed by atoms with van der Waals surface area (Å²) in [6.45, 7) is 3.37. The number of nitrogens with one attached hydrogen (secondary N) is 1. The van der Waals surface area contributed by atoms with Crippen LogP contribution in [0.3, 0.4) is 0 Å². The summed E-state index contributed by atoms with van der Waals surface area (Å²) in [5, 5.41) is 3.65. The van der Waals surface area contributed by atoms with Gasteiger partial charge in [0.1, 0.15) is 0 Å². The van der Waals surface area contributed by atoms with Crippen LogP contribution in [0.5, 0.6) is 0 Å². The second-order valence-electron chi connectivity index (χ2n) is 4.81. The van der Waals surface area contributed by atoms with Crippen LogP contribution in [0.4, 0.5) is 0 Å². The zero-order valence-corrected chi connectivity index (χ0v) is 10.2. The predicted octanol–water partition coefficient (Wildman–Crippen LogP) is 2.79. The zero-order chi connectivity index (χ0) is 11.2. The quantitative estimate of drug-likeness (QED) is 0.822. The smallest absolute Gasteiger partial charge is 0.0416 e. The Balaban J connectivity index is 1.65. The lowest BCUT2D eigenvalue weighted by Crippen LogP contribution is -2.28. The van der Waals surface area contributed by atoms with Crippen molar-refractivity contribution in [3.05, 3.63) is 30.1 Å². The van der Waals surface area contributed by atoms with Crippen LogP contribution in [0.2, 0.25) is 0 Å². The van der Waals surface area contributed by atoms with Crippen molar-refractivity contribution in [3.8, 4) is 0 Å². The predicted molar refractivity (Wildman–Crippen MR) is 67.4 cm³/mol. The first kappa shape index (κ1) is 11.6. The fourth-order valence-electron chi connectivity index (χ4n) is 2.58. The molecule has 1 N–H and O–H groups in total. The molecule has 0 aliphatic heterocycles. The van der Waals surface area contributed by atoms with Crippen molar-refractivity contribution in [1.29, 1.82) is 0 Å². The molecule has 1 aromatic heterocycles. The van der Waals surface area contributed by atoms with Gasteiger partial charge in [0, 0.05) is 30.9 Å². The lowest BCUT2D eigenvalue weighted by atomic mass is 10.1. The minimum atomic E-state index is 0.758. The number of hydrogen-bond acceptors (Lipinski definition) is 2. The van der Waals surface area contributed by atoms with E-state index in [0.717, 1.165) is 24.9 Å². The maximum Gasteiger partial charge on any atom is 0.0416 e. The van der Waals surface area contributed by atoms with Gasteiger partial charge < -0.3 is 5.32 Å². The number of nitrogens with zero attached hydrogens (tertiary/aromatic N) is 1. The first-order valence-corrected chi connectivity index (χ1v) is 6.51. The third-order valence-electron chi connectivity index (χ3n) is 3.66. The molecule has 0 aromatic carbocycles. The fraction of sp³-hybridized carbons (Fsp3) is 0.643. The van der Waals surface area contributed by atoms with Gasteiger partial charge in [0.15, 0.2) is 0 Å². The van der Waals surface area contributed by atoms with Crippen molar-refractivity contribution in [2.24, 2.45) is 5.92 Å². The summed E-state index contributed by atoms with van der Waals surface area (Å²) in [6.07, 6.45) is 8.42. The minimum absolute atomic E-state index is 0.758. The molecular formula is C14H22N2. The molecule has 1 heterocycles. The molecule has 1 saturated carbocycles. The minimum Gasteiger partial charge on any atom is -0.314 e. The number of aromatic nitrogens is 1. The molecule has 0 radical (unpaired) electrons. The maximum absolute atomic E-state index is 4.33. The van der Waals surface area contributed by atoms with Gasteiger partial charge in [-0.25, -0.2) is 0 Å². The van der Waals surface area contributed by atoms with Gasteiger partial charge in [-0.2, -0.15) is 0 Å². The monoisotopic (exact) mass is 218 g/mol. The van der Waals surface area contributed by atoms with Gasteiger partial charge in [0.05, 0.1) is 0 Å². The van der Waals surface area contributed by atoms with Gasteiger partial charge in [0.2, 0.25) is 0 Å². The Labute approximate surface area is 98.5 Å². The molecular weight excluding hydrogens is 196 g/mol. The van der Waals surface area contributed by atoms with Crippen LogP contribution in [-0.2, 0) is 6.42 Å². The average Bonchev–Trinajstić information content (AvgIpc) is 2.78. The molecule has 0 saturated heterocycles. The van der Waals surface area contributed by atoms with E-state index in [2.05, 4.69) is 29.4 Å².